The largest absolute Gasteiger partial charge is 0.476 e. The zero-order valence-corrected chi connectivity index (χ0v) is 14.8. The summed E-state index contributed by atoms with van der Waals surface area (Å²) in [6.45, 7) is 1.23. The molecule has 0 bridgehead atoms. The summed E-state index contributed by atoms with van der Waals surface area (Å²) in [5.41, 5.74) is 0.948. The molecule has 4 rings (SSSR count). The van der Waals surface area contributed by atoms with E-state index in [1.54, 1.807) is 4.68 Å². The van der Waals surface area contributed by atoms with E-state index in [2.05, 4.69) is 10.3 Å². The van der Waals surface area contributed by atoms with Crippen molar-refractivity contribution in [3.8, 4) is 0 Å². The van der Waals surface area contributed by atoms with Crippen LogP contribution in [0.2, 0.25) is 0 Å². The van der Waals surface area contributed by atoms with Crippen LogP contribution in [0.1, 0.15) is 34.9 Å². The summed E-state index contributed by atoms with van der Waals surface area (Å²) in [4.78, 5) is 25.7. The molecule has 1 aliphatic heterocycles. The third-order valence-electron chi connectivity index (χ3n) is 5.07. The Hall–Kier alpha value is -3.22. The van der Waals surface area contributed by atoms with Crippen LogP contribution in [-0.2, 0) is 11.2 Å². The van der Waals surface area contributed by atoms with Gasteiger partial charge in [0.15, 0.2) is 5.69 Å². The van der Waals surface area contributed by atoms with Crippen LogP contribution in [0.15, 0.2) is 48.7 Å². The maximum atomic E-state index is 12.9. The van der Waals surface area contributed by atoms with Gasteiger partial charge in [0, 0.05) is 13.1 Å². The van der Waals surface area contributed by atoms with E-state index >= 15 is 0 Å². The lowest BCUT2D eigenvalue weighted by Crippen LogP contribution is -2.41. The van der Waals surface area contributed by atoms with Gasteiger partial charge in [0.1, 0.15) is 0 Å². The number of rotatable bonds is 4. The highest BCUT2D eigenvalue weighted by Gasteiger charge is 2.26. The number of carbonyl (C=O) groups excluding carboxylic acids is 1. The first-order valence-electron chi connectivity index (χ1n) is 9.01. The van der Waals surface area contributed by atoms with Gasteiger partial charge in [-0.15, -0.1) is 5.10 Å². The minimum absolute atomic E-state index is 0.0455. The predicted molar refractivity (Wildman–Crippen MR) is 99.5 cm³/mol. The summed E-state index contributed by atoms with van der Waals surface area (Å²) in [7, 11) is 0. The summed E-state index contributed by atoms with van der Waals surface area (Å²) in [6, 6.07) is 14.0. The number of carboxylic acid groups (broad SMARTS) is 1. The molecule has 1 aliphatic rings. The van der Waals surface area contributed by atoms with Crippen LogP contribution < -0.4 is 0 Å². The minimum Gasteiger partial charge on any atom is -0.476 e. The summed E-state index contributed by atoms with van der Waals surface area (Å²) in [5, 5.41) is 18.8. The first-order valence-corrected chi connectivity index (χ1v) is 9.01. The molecule has 1 unspecified atom stereocenters. The lowest BCUT2D eigenvalue weighted by molar-refractivity contribution is -0.132. The van der Waals surface area contributed by atoms with Crippen LogP contribution in [0, 0.1) is 0 Å². The van der Waals surface area contributed by atoms with Crippen LogP contribution in [0.4, 0.5) is 0 Å². The fourth-order valence-electron chi connectivity index (χ4n) is 3.67. The van der Waals surface area contributed by atoms with Crippen LogP contribution >= 0.6 is 0 Å². The maximum Gasteiger partial charge on any atom is 0.358 e. The first-order chi connectivity index (χ1) is 13.1. The number of hydrogen-bond donors (Lipinski definition) is 1. The average molecular weight is 364 g/mol. The standard InChI is InChI=1S/C20H20N4O3/c25-19(11-15-7-3-6-14-5-1-2-9-17(14)15)23-10-4-8-16(12-23)24-13-18(20(26)27)21-22-24/h1-3,5-7,9,13,16H,4,8,10-12H2,(H,26,27). The Morgan fingerprint density at radius 2 is 1.96 bits per heavy atom. The van der Waals surface area contributed by atoms with E-state index in [1.807, 2.05) is 47.4 Å². The van der Waals surface area contributed by atoms with E-state index in [9.17, 15) is 9.59 Å². The van der Waals surface area contributed by atoms with Gasteiger partial charge in [-0.05, 0) is 29.2 Å². The number of benzene rings is 2. The molecule has 2 heterocycles. The van der Waals surface area contributed by atoms with E-state index < -0.39 is 5.97 Å². The minimum atomic E-state index is -1.10. The molecular formula is C20H20N4O3. The first kappa shape index (κ1) is 17.2. The molecule has 0 aliphatic carbocycles. The lowest BCUT2D eigenvalue weighted by Gasteiger charge is -2.32. The number of carbonyl (C=O) groups is 2. The summed E-state index contributed by atoms with van der Waals surface area (Å²) >= 11 is 0. The van der Waals surface area contributed by atoms with E-state index in [0.717, 1.165) is 29.2 Å². The zero-order chi connectivity index (χ0) is 18.8. The van der Waals surface area contributed by atoms with E-state index in [0.29, 0.717) is 19.5 Å². The van der Waals surface area contributed by atoms with Crippen molar-refractivity contribution in [2.45, 2.75) is 25.3 Å². The fourth-order valence-corrected chi connectivity index (χ4v) is 3.67. The van der Waals surface area contributed by atoms with Crippen LogP contribution in [0.3, 0.4) is 0 Å². The van der Waals surface area contributed by atoms with Gasteiger partial charge in [0.25, 0.3) is 0 Å². The molecule has 27 heavy (non-hydrogen) atoms. The predicted octanol–water partition coefficient (Wildman–Crippen LogP) is 2.54. The third kappa shape index (κ3) is 3.53. The second-order valence-electron chi connectivity index (χ2n) is 6.84. The van der Waals surface area contributed by atoms with Gasteiger partial charge >= 0.3 is 5.97 Å². The Morgan fingerprint density at radius 3 is 2.78 bits per heavy atom. The van der Waals surface area contributed by atoms with Crippen molar-refractivity contribution >= 4 is 22.6 Å². The van der Waals surface area contributed by atoms with Gasteiger partial charge < -0.3 is 10.0 Å². The van der Waals surface area contributed by atoms with Crippen molar-refractivity contribution in [1.29, 1.82) is 0 Å². The molecule has 2 aromatic carbocycles. The highest BCUT2D eigenvalue weighted by atomic mass is 16.4. The van der Waals surface area contributed by atoms with Crippen LogP contribution in [0.5, 0.6) is 0 Å². The Balaban J connectivity index is 1.49. The van der Waals surface area contributed by atoms with Gasteiger partial charge in [-0.3, -0.25) is 4.79 Å². The molecule has 7 heteroatoms. The maximum absolute atomic E-state index is 12.9. The van der Waals surface area contributed by atoms with Gasteiger partial charge in [0.05, 0.1) is 18.7 Å². The van der Waals surface area contributed by atoms with Crippen molar-refractivity contribution < 1.29 is 14.7 Å². The van der Waals surface area contributed by atoms with E-state index in [1.165, 1.54) is 6.20 Å². The zero-order valence-electron chi connectivity index (χ0n) is 14.8. The molecule has 0 saturated carbocycles. The van der Waals surface area contributed by atoms with Gasteiger partial charge in [-0.2, -0.15) is 0 Å². The number of aromatic nitrogens is 3. The molecule has 0 spiro atoms. The van der Waals surface area contributed by atoms with Crippen LogP contribution in [0.25, 0.3) is 10.8 Å². The van der Waals surface area contributed by atoms with E-state index in [4.69, 9.17) is 5.11 Å². The Bertz CT molecular complexity index is 992. The highest BCUT2D eigenvalue weighted by Crippen LogP contribution is 2.23. The van der Waals surface area contributed by atoms with Gasteiger partial charge in [0.2, 0.25) is 5.91 Å². The van der Waals surface area contributed by atoms with Crippen molar-refractivity contribution in [1.82, 2.24) is 19.9 Å². The summed E-state index contributed by atoms with van der Waals surface area (Å²) < 4.78 is 1.57. The van der Waals surface area contributed by atoms with Gasteiger partial charge in [-0.25, -0.2) is 9.48 Å². The van der Waals surface area contributed by atoms with Crippen molar-refractivity contribution in [2.24, 2.45) is 0 Å². The number of nitrogens with zero attached hydrogens (tertiary/aromatic N) is 4. The Labute approximate surface area is 156 Å². The molecule has 1 atom stereocenters. The summed E-state index contributed by atoms with van der Waals surface area (Å²) in [5.74, 6) is -1.02. The molecule has 3 aromatic rings. The Morgan fingerprint density at radius 1 is 1.15 bits per heavy atom. The molecular weight excluding hydrogens is 344 g/mol. The molecule has 7 nitrogen and oxygen atoms in total. The number of amides is 1. The molecule has 1 saturated heterocycles. The average Bonchev–Trinajstić information content (AvgIpc) is 3.19. The number of likely N-dealkylation sites (tertiary alicyclic amines) is 1. The van der Waals surface area contributed by atoms with Crippen molar-refractivity contribution in [3.05, 3.63) is 59.9 Å². The SMILES string of the molecule is O=C(O)c1cn(C2CCCN(C(=O)Cc3cccc4ccccc34)C2)nn1. The van der Waals surface area contributed by atoms with Crippen molar-refractivity contribution in [3.63, 3.8) is 0 Å². The molecule has 1 aromatic heterocycles. The van der Waals surface area contributed by atoms with Crippen molar-refractivity contribution in [2.75, 3.05) is 13.1 Å². The number of hydrogen-bond acceptors (Lipinski definition) is 4. The molecule has 138 valence electrons. The molecule has 0 radical (unpaired) electrons. The van der Waals surface area contributed by atoms with Gasteiger partial charge in [-0.1, -0.05) is 47.7 Å². The highest BCUT2D eigenvalue weighted by molar-refractivity contribution is 5.90. The van der Waals surface area contributed by atoms with E-state index in [-0.39, 0.29) is 17.6 Å². The topological polar surface area (TPSA) is 88.3 Å². The molecule has 1 amide bonds. The lowest BCUT2D eigenvalue weighted by atomic mass is 10.0. The quantitative estimate of drug-likeness (QED) is 0.768. The smallest absolute Gasteiger partial charge is 0.358 e. The normalized spacial score (nSPS) is 17.2. The molecule has 1 N–H and O–H groups in total. The fraction of sp³-hybridized carbons (Fsp3) is 0.300. The number of carboxylic acids is 1. The number of aromatic carboxylic acids is 1. The molecule has 1 fully saturated rings. The second kappa shape index (κ2) is 7.19. The number of fused-ring (bicyclic) bond motifs is 1. The summed E-state index contributed by atoms with van der Waals surface area (Å²) in [6.07, 6.45) is 3.49. The Kier molecular flexibility index (Phi) is 4.58. The van der Waals surface area contributed by atoms with Crippen LogP contribution in [-0.4, -0.2) is 50.0 Å². The third-order valence-corrected chi connectivity index (χ3v) is 5.07. The monoisotopic (exact) mass is 364 g/mol. The number of piperidine rings is 1. The second-order valence-corrected chi connectivity index (χ2v) is 6.84.